The number of carbonyl (C=O) groups excluding carboxylic acids is 1. The lowest BCUT2D eigenvalue weighted by molar-refractivity contribution is 0.103. The molecule has 0 bridgehead atoms. The third-order valence-corrected chi connectivity index (χ3v) is 4.45. The molecule has 0 unspecified atom stereocenters. The molecule has 100 valence electrons. The average Bonchev–Trinajstić information content (AvgIpc) is 2.81. The topological polar surface area (TPSA) is 32.9 Å². The molecule has 1 aromatic heterocycles. The van der Waals surface area contributed by atoms with Crippen LogP contribution in [0.1, 0.15) is 15.9 Å². The predicted molar refractivity (Wildman–Crippen MR) is 88.6 cm³/mol. The molecular formula is C15H8Br2ClNO. The molecule has 0 spiro atoms. The molecule has 3 aromatic rings. The lowest BCUT2D eigenvalue weighted by atomic mass is 10.0. The lowest BCUT2D eigenvalue weighted by Crippen LogP contribution is -2.01. The summed E-state index contributed by atoms with van der Waals surface area (Å²) in [4.78, 5) is 15.8. The summed E-state index contributed by atoms with van der Waals surface area (Å²) in [7, 11) is 0. The number of aromatic amines is 1. The van der Waals surface area contributed by atoms with E-state index in [4.69, 9.17) is 11.6 Å². The van der Waals surface area contributed by atoms with E-state index in [0.29, 0.717) is 20.6 Å². The number of hydrogen-bond acceptors (Lipinski definition) is 1. The van der Waals surface area contributed by atoms with Crippen LogP contribution in [-0.4, -0.2) is 10.8 Å². The van der Waals surface area contributed by atoms with Crippen LogP contribution in [0.3, 0.4) is 0 Å². The monoisotopic (exact) mass is 411 g/mol. The molecule has 2 nitrogen and oxygen atoms in total. The number of hydrogen-bond donors (Lipinski definition) is 1. The van der Waals surface area contributed by atoms with Crippen molar-refractivity contribution >= 4 is 60.1 Å². The highest BCUT2D eigenvalue weighted by Gasteiger charge is 2.17. The highest BCUT2D eigenvalue weighted by Crippen LogP contribution is 2.28. The van der Waals surface area contributed by atoms with Gasteiger partial charge >= 0.3 is 0 Å². The quantitative estimate of drug-likeness (QED) is 0.547. The zero-order valence-electron chi connectivity index (χ0n) is 10.1. The standard InChI is InChI=1S/C15H8Br2ClNO/c16-8-1-4-14-11(5-8)12(7-19-14)15(20)10-3-2-9(18)6-13(10)17/h1-7,19H. The third-order valence-electron chi connectivity index (χ3n) is 3.06. The van der Waals surface area contributed by atoms with Crippen molar-refractivity contribution in [2.45, 2.75) is 0 Å². The van der Waals surface area contributed by atoms with Crippen LogP contribution in [0.5, 0.6) is 0 Å². The first kappa shape index (κ1) is 13.9. The molecule has 0 aliphatic carbocycles. The fourth-order valence-electron chi connectivity index (χ4n) is 2.10. The van der Waals surface area contributed by atoms with E-state index in [9.17, 15) is 4.79 Å². The number of ketones is 1. The molecule has 1 N–H and O–H groups in total. The first-order valence-electron chi connectivity index (χ1n) is 5.82. The molecule has 0 saturated carbocycles. The molecule has 0 aliphatic heterocycles. The van der Waals surface area contributed by atoms with E-state index in [1.54, 1.807) is 24.4 Å². The summed E-state index contributed by atoms with van der Waals surface area (Å²) in [6.07, 6.45) is 1.74. The van der Waals surface area contributed by atoms with Crippen molar-refractivity contribution in [3.8, 4) is 0 Å². The maximum absolute atomic E-state index is 12.7. The Morgan fingerprint density at radius 1 is 1.05 bits per heavy atom. The molecule has 0 saturated heterocycles. The number of nitrogens with one attached hydrogen (secondary N) is 1. The first-order valence-corrected chi connectivity index (χ1v) is 7.79. The van der Waals surface area contributed by atoms with Gasteiger partial charge in [0.25, 0.3) is 0 Å². The number of halogens is 3. The van der Waals surface area contributed by atoms with Gasteiger partial charge in [0.2, 0.25) is 0 Å². The van der Waals surface area contributed by atoms with E-state index in [0.717, 1.165) is 15.4 Å². The Kier molecular flexibility index (Phi) is 3.71. The highest BCUT2D eigenvalue weighted by molar-refractivity contribution is 9.10. The van der Waals surface area contributed by atoms with Crippen molar-refractivity contribution in [1.29, 1.82) is 0 Å². The van der Waals surface area contributed by atoms with Crippen LogP contribution in [0.15, 0.2) is 51.5 Å². The van der Waals surface area contributed by atoms with Crippen molar-refractivity contribution in [2.75, 3.05) is 0 Å². The van der Waals surface area contributed by atoms with Crippen LogP contribution in [0.2, 0.25) is 5.02 Å². The number of carbonyl (C=O) groups is 1. The smallest absolute Gasteiger partial charge is 0.196 e. The maximum atomic E-state index is 12.7. The molecule has 3 rings (SSSR count). The molecule has 0 amide bonds. The molecule has 2 aromatic carbocycles. The van der Waals surface area contributed by atoms with Crippen molar-refractivity contribution < 1.29 is 4.79 Å². The molecule has 1 heterocycles. The van der Waals surface area contributed by atoms with Crippen LogP contribution in [0, 0.1) is 0 Å². The second-order valence-electron chi connectivity index (χ2n) is 4.35. The molecule has 0 radical (unpaired) electrons. The van der Waals surface area contributed by atoms with Gasteiger partial charge < -0.3 is 4.98 Å². The van der Waals surface area contributed by atoms with Crippen LogP contribution < -0.4 is 0 Å². The van der Waals surface area contributed by atoms with E-state index >= 15 is 0 Å². The Labute approximate surface area is 137 Å². The van der Waals surface area contributed by atoms with E-state index < -0.39 is 0 Å². The summed E-state index contributed by atoms with van der Waals surface area (Å²) in [5, 5.41) is 1.49. The van der Waals surface area contributed by atoms with Gasteiger partial charge in [0, 0.05) is 42.2 Å². The van der Waals surface area contributed by atoms with Crippen LogP contribution in [-0.2, 0) is 0 Å². The minimum atomic E-state index is -0.0436. The SMILES string of the molecule is O=C(c1ccc(Cl)cc1Br)c1c[nH]c2ccc(Br)cc12. The molecule has 0 aliphatic rings. The molecule has 0 fully saturated rings. The summed E-state index contributed by atoms with van der Waals surface area (Å²) < 4.78 is 1.63. The normalized spacial score (nSPS) is 10.9. The molecule has 20 heavy (non-hydrogen) atoms. The van der Waals surface area contributed by atoms with Gasteiger partial charge in [-0.2, -0.15) is 0 Å². The summed E-state index contributed by atoms with van der Waals surface area (Å²) >= 11 is 12.7. The fraction of sp³-hybridized carbons (Fsp3) is 0. The summed E-state index contributed by atoms with van der Waals surface area (Å²) in [6, 6.07) is 11.0. The lowest BCUT2D eigenvalue weighted by Gasteiger charge is -2.03. The van der Waals surface area contributed by atoms with Gasteiger partial charge in [-0.1, -0.05) is 27.5 Å². The van der Waals surface area contributed by atoms with Gasteiger partial charge in [0.05, 0.1) is 0 Å². The number of rotatable bonds is 2. The van der Waals surface area contributed by atoms with Gasteiger partial charge in [-0.15, -0.1) is 0 Å². The van der Waals surface area contributed by atoms with Gasteiger partial charge in [-0.05, 0) is 52.3 Å². The zero-order chi connectivity index (χ0) is 14.3. The average molecular weight is 413 g/mol. The highest BCUT2D eigenvalue weighted by atomic mass is 79.9. The van der Waals surface area contributed by atoms with Crippen LogP contribution in [0.4, 0.5) is 0 Å². The van der Waals surface area contributed by atoms with Crippen LogP contribution in [0.25, 0.3) is 10.9 Å². The summed E-state index contributed by atoms with van der Waals surface area (Å²) in [6.45, 7) is 0. The fourth-order valence-corrected chi connectivity index (χ4v) is 3.32. The zero-order valence-corrected chi connectivity index (χ0v) is 14.0. The Balaban J connectivity index is 2.15. The van der Waals surface area contributed by atoms with E-state index in [1.807, 2.05) is 18.2 Å². The van der Waals surface area contributed by atoms with E-state index in [1.165, 1.54) is 0 Å². The van der Waals surface area contributed by atoms with E-state index in [2.05, 4.69) is 36.8 Å². The van der Waals surface area contributed by atoms with Gasteiger partial charge in [-0.25, -0.2) is 0 Å². The Morgan fingerprint density at radius 3 is 2.60 bits per heavy atom. The Morgan fingerprint density at radius 2 is 1.85 bits per heavy atom. The first-order chi connectivity index (χ1) is 9.56. The largest absolute Gasteiger partial charge is 0.360 e. The van der Waals surface area contributed by atoms with Gasteiger partial charge in [0.15, 0.2) is 5.78 Å². The van der Waals surface area contributed by atoms with E-state index in [-0.39, 0.29) is 5.78 Å². The third kappa shape index (κ3) is 2.43. The van der Waals surface area contributed by atoms with Crippen LogP contribution >= 0.6 is 43.5 Å². The summed E-state index contributed by atoms with van der Waals surface area (Å²) in [5.41, 5.74) is 2.17. The van der Waals surface area contributed by atoms with Crippen molar-refractivity contribution in [3.63, 3.8) is 0 Å². The Hall–Kier alpha value is -1.10. The van der Waals surface area contributed by atoms with Crippen molar-refractivity contribution in [1.82, 2.24) is 4.98 Å². The molecule has 5 heteroatoms. The predicted octanol–water partition coefficient (Wildman–Crippen LogP) is 5.58. The second-order valence-corrected chi connectivity index (χ2v) is 6.55. The Bertz CT molecular complexity index is 826. The molecule has 0 atom stereocenters. The minimum Gasteiger partial charge on any atom is -0.360 e. The summed E-state index contributed by atoms with van der Waals surface area (Å²) in [5.74, 6) is -0.0436. The number of aromatic nitrogens is 1. The maximum Gasteiger partial charge on any atom is 0.196 e. The number of H-pyrrole nitrogens is 1. The van der Waals surface area contributed by atoms with Gasteiger partial charge in [0.1, 0.15) is 0 Å². The van der Waals surface area contributed by atoms with Crippen molar-refractivity contribution in [2.24, 2.45) is 0 Å². The minimum absolute atomic E-state index is 0.0436. The van der Waals surface area contributed by atoms with Gasteiger partial charge in [-0.3, -0.25) is 4.79 Å². The molecular weight excluding hydrogens is 405 g/mol. The number of fused-ring (bicyclic) bond motifs is 1. The number of benzene rings is 2. The van der Waals surface area contributed by atoms with Crippen molar-refractivity contribution in [3.05, 3.63) is 67.7 Å². The second kappa shape index (κ2) is 5.35.